The van der Waals surface area contributed by atoms with E-state index in [0.717, 1.165) is 29.6 Å². The number of alkyl halides is 3. The average molecular weight is 521 g/mol. The van der Waals surface area contributed by atoms with Crippen LogP contribution in [0.3, 0.4) is 0 Å². The maximum atomic E-state index is 13.4. The zero-order valence-corrected chi connectivity index (χ0v) is 21.9. The number of anilines is 1. The Morgan fingerprint density at radius 1 is 1.14 bits per heavy atom. The number of ether oxygens (including phenoxy) is 1. The van der Waals surface area contributed by atoms with Crippen molar-refractivity contribution in [2.24, 2.45) is 0 Å². The van der Waals surface area contributed by atoms with Gasteiger partial charge in [-0.25, -0.2) is 14.6 Å². The van der Waals surface area contributed by atoms with Crippen LogP contribution in [0.1, 0.15) is 17.7 Å². The third kappa shape index (κ3) is 5.71. The Balaban J connectivity index is 1.81. The molecule has 0 radical (unpaired) electrons. The Morgan fingerprint density at radius 3 is 2.61 bits per heavy atom. The molecule has 3 heterocycles. The van der Waals surface area contributed by atoms with E-state index in [9.17, 15) is 13.2 Å². The van der Waals surface area contributed by atoms with Gasteiger partial charge in [0.25, 0.3) is 0 Å². The smallest absolute Gasteiger partial charge is 0.396 e. The summed E-state index contributed by atoms with van der Waals surface area (Å²) in [4.78, 5) is 9.00. The molecule has 36 heavy (non-hydrogen) atoms. The van der Waals surface area contributed by atoms with E-state index in [0.29, 0.717) is 42.2 Å². The molecule has 0 saturated heterocycles. The molecule has 4 aromatic rings. The van der Waals surface area contributed by atoms with E-state index in [1.165, 1.54) is 6.07 Å². The summed E-state index contributed by atoms with van der Waals surface area (Å²) in [6, 6.07) is 6.43. The van der Waals surface area contributed by atoms with Crippen LogP contribution in [0.25, 0.3) is 28.1 Å². The summed E-state index contributed by atoms with van der Waals surface area (Å²) >= 11 is 0. The third-order valence-electron chi connectivity index (χ3n) is 5.75. The molecule has 0 spiro atoms. The summed E-state index contributed by atoms with van der Waals surface area (Å²) in [5, 5.41) is 16.8. The molecule has 0 aliphatic carbocycles. The van der Waals surface area contributed by atoms with Crippen molar-refractivity contribution in [3.63, 3.8) is 0 Å². The maximum Gasteiger partial charge on any atom is 0.416 e. The molecular formula is C24H31F3N6O2Si. The van der Waals surface area contributed by atoms with Gasteiger partial charge >= 0.3 is 6.18 Å². The van der Waals surface area contributed by atoms with Gasteiger partial charge in [-0.05, 0) is 43.7 Å². The first kappa shape index (κ1) is 26.1. The van der Waals surface area contributed by atoms with Crippen LogP contribution >= 0.6 is 0 Å². The quantitative estimate of drug-likeness (QED) is 0.221. The second kappa shape index (κ2) is 10.2. The monoisotopic (exact) mass is 520 g/mol. The van der Waals surface area contributed by atoms with Crippen molar-refractivity contribution in [2.75, 3.05) is 25.1 Å². The first-order valence-corrected chi connectivity index (χ1v) is 15.5. The predicted octanol–water partition coefficient (Wildman–Crippen LogP) is 5.18. The first-order chi connectivity index (χ1) is 17.0. The van der Waals surface area contributed by atoms with Gasteiger partial charge in [-0.15, -0.1) is 0 Å². The van der Waals surface area contributed by atoms with Crippen molar-refractivity contribution in [1.82, 2.24) is 24.1 Å². The minimum atomic E-state index is -4.49. The minimum absolute atomic E-state index is 0.0229. The van der Waals surface area contributed by atoms with Crippen molar-refractivity contribution >= 4 is 30.6 Å². The Morgan fingerprint density at radius 2 is 1.92 bits per heavy atom. The Labute approximate surface area is 208 Å². The number of rotatable bonds is 10. The van der Waals surface area contributed by atoms with E-state index in [-0.39, 0.29) is 18.9 Å². The number of nitrogens with zero attached hydrogens (tertiary/aromatic N) is 5. The van der Waals surface area contributed by atoms with Gasteiger partial charge in [-0.3, -0.25) is 4.40 Å². The standard InChI is InChI=1S/C24H31F3N6O2Si/c1-16-12-20(32(31-16)15-35-10-11-36(2,3)4)21-14-29-23-22(28-8-5-9-34)30-18-13-17(24(25,26)27)6-7-19(18)33(21)23/h6-7,12-14,34H,5,8-11,15H2,1-4H3,(H,28,30). The highest BCUT2D eigenvalue weighted by Gasteiger charge is 2.31. The third-order valence-corrected chi connectivity index (χ3v) is 7.46. The van der Waals surface area contributed by atoms with Crippen molar-refractivity contribution in [3.05, 3.63) is 41.7 Å². The number of nitrogens with one attached hydrogen (secondary N) is 1. The molecule has 0 aliphatic heterocycles. The van der Waals surface area contributed by atoms with Crippen molar-refractivity contribution < 1.29 is 23.0 Å². The Hall–Kier alpha value is -2.96. The van der Waals surface area contributed by atoms with Crippen LogP contribution < -0.4 is 5.32 Å². The average Bonchev–Trinajstić information content (AvgIpc) is 3.39. The molecule has 0 bridgehead atoms. The summed E-state index contributed by atoms with van der Waals surface area (Å²) in [5.41, 5.74) is 2.55. The number of aromatic nitrogens is 5. The van der Waals surface area contributed by atoms with E-state index in [4.69, 9.17) is 9.84 Å². The topological polar surface area (TPSA) is 89.5 Å². The van der Waals surface area contributed by atoms with Crippen molar-refractivity contribution in [3.8, 4) is 11.4 Å². The van der Waals surface area contributed by atoms with Crippen LogP contribution in [0.2, 0.25) is 25.7 Å². The molecular weight excluding hydrogens is 489 g/mol. The summed E-state index contributed by atoms with van der Waals surface area (Å²) in [6.45, 7) is 9.99. The predicted molar refractivity (Wildman–Crippen MR) is 136 cm³/mol. The molecule has 2 N–H and O–H groups in total. The highest BCUT2D eigenvalue weighted by Crippen LogP contribution is 2.34. The molecule has 0 fully saturated rings. The largest absolute Gasteiger partial charge is 0.416 e. The molecule has 8 nitrogen and oxygen atoms in total. The molecule has 194 valence electrons. The molecule has 3 aromatic heterocycles. The molecule has 0 atom stereocenters. The lowest BCUT2D eigenvalue weighted by Crippen LogP contribution is -2.22. The van der Waals surface area contributed by atoms with Crippen LogP contribution in [0.5, 0.6) is 0 Å². The van der Waals surface area contributed by atoms with Crippen LogP contribution in [0.4, 0.5) is 19.0 Å². The zero-order valence-electron chi connectivity index (χ0n) is 20.9. The molecule has 1 aromatic carbocycles. The molecule has 0 saturated carbocycles. The fourth-order valence-electron chi connectivity index (χ4n) is 3.88. The summed E-state index contributed by atoms with van der Waals surface area (Å²) < 4.78 is 49.7. The van der Waals surface area contributed by atoms with Gasteiger partial charge in [0.15, 0.2) is 11.5 Å². The number of imidazole rings is 1. The van der Waals surface area contributed by atoms with Gasteiger partial charge in [-0.1, -0.05) is 19.6 Å². The van der Waals surface area contributed by atoms with E-state index in [2.05, 4.69) is 40.0 Å². The highest BCUT2D eigenvalue weighted by atomic mass is 28.3. The SMILES string of the molecule is Cc1cc(-c2cnc3c(NCCCO)nc4cc(C(F)(F)F)ccc4n23)n(COCC[Si](C)(C)C)n1. The number of aliphatic hydroxyl groups is 1. The lowest BCUT2D eigenvalue weighted by atomic mass is 10.2. The number of aryl methyl sites for hydroxylation is 1. The number of halogens is 3. The maximum absolute atomic E-state index is 13.4. The normalized spacial score (nSPS) is 12.7. The number of fused-ring (bicyclic) bond motifs is 3. The number of aliphatic hydroxyl groups excluding tert-OH is 1. The van der Waals surface area contributed by atoms with Gasteiger partial charge in [-0.2, -0.15) is 18.3 Å². The lowest BCUT2D eigenvalue weighted by molar-refractivity contribution is -0.137. The molecule has 12 heteroatoms. The van der Waals surface area contributed by atoms with Gasteiger partial charge in [0.05, 0.1) is 39.9 Å². The van der Waals surface area contributed by atoms with Crippen molar-refractivity contribution in [1.29, 1.82) is 0 Å². The summed E-state index contributed by atoms with van der Waals surface area (Å²) in [7, 11) is -1.24. The van der Waals surface area contributed by atoms with Crippen molar-refractivity contribution in [2.45, 2.75) is 51.9 Å². The Bertz CT molecular complexity index is 1360. The van der Waals surface area contributed by atoms with Gasteiger partial charge in [0.1, 0.15) is 6.73 Å². The fourth-order valence-corrected chi connectivity index (χ4v) is 4.63. The van der Waals surface area contributed by atoms with Gasteiger partial charge in [0, 0.05) is 27.8 Å². The lowest BCUT2D eigenvalue weighted by Gasteiger charge is -2.16. The number of benzene rings is 1. The first-order valence-electron chi connectivity index (χ1n) is 11.8. The second-order valence-electron chi connectivity index (χ2n) is 9.99. The fraction of sp³-hybridized carbons (Fsp3) is 0.458. The molecule has 4 rings (SSSR count). The number of hydrogen-bond acceptors (Lipinski definition) is 6. The van der Waals surface area contributed by atoms with Crippen LogP contribution in [0, 0.1) is 6.92 Å². The van der Waals surface area contributed by atoms with Gasteiger partial charge < -0.3 is 15.2 Å². The second-order valence-corrected chi connectivity index (χ2v) is 15.6. The van der Waals surface area contributed by atoms with E-state index in [1.807, 2.05) is 13.0 Å². The van der Waals surface area contributed by atoms with Crippen LogP contribution in [-0.2, 0) is 17.6 Å². The molecule has 0 unspecified atom stereocenters. The summed E-state index contributed by atoms with van der Waals surface area (Å²) in [6.07, 6.45) is -2.36. The molecule has 0 aliphatic rings. The molecule has 0 amide bonds. The van der Waals surface area contributed by atoms with E-state index in [1.54, 1.807) is 15.3 Å². The number of hydrogen-bond donors (Lipinski definition) is 2. The summed E-state index contributed by atoms with van der Waals surface area (Å²) in [5.74, 6) is 0.343. The van der Waals surface area contributed by atoms with Crippen LogP contribution in [-0.4, -0.2) is 57.1 Å². The minimum Gasteiger partial charge on any atom is -0.396 e. The Kier molecular flexibility index (Phi) is 7.39. The van der Waals surface area contributed by atoms with Gasteiger partial charge in [0.2, 0.25) is 0 Å². The van der Waals surface area contributed by atoms with E-state index < -0.39 is 19.8 Å². The van der Waals surface area contributed by atoms with E-state index >= 15 is 0 Å². The highest BCUT2D eigenvalue weighted by molar-refractivity contribution is 6.76. The zero-order chi connectivity index (χ0) is 26.1. The van der Waals surface area contributed by atoms with Crippen LogP contribution in [0.15, 0.2) is 30.5 Å².